The molecule has 0 aliphatic carbocycles. The van der Waals surface area contributed by atoms with Gasteiger partial charge in [-0.05, 0) is 26.1 Å². The molecule has 0 aromatic carbocycles. The molecule has 0 saturated heterocycles. The molecule has 0 amide bonds. The van der Waals surface area contributed by atoms with Gasteiger partial charge in [-0.2, -0.15) is 5.26 Å². The third kappa shape index (κ3) is 4.28. The molecule has 15 heavy (non-hydrogen) atoms. The van der Waals surface area contributed by atoms with Crippen molar-refractivity contribution in [3.8, 4) is 6.07 Å². The summed E-state index contributed by atoms with van der Waals surface area (Å²) < 4.78 is 0. The molecule has 80 valence electrons. The summed E-state index contributed by atoms with van der Waals surface area (Å²) in [6, 6.07) is 7.91. The SMILES string of the molecule is Cc1cccc(CN(C)CC(Cl)C#N)n1. The van der Waals surface area contributed by atoms with E-state index in [0.717, 1.165) is 11.4 Å². The van der Waals surface area contributed by atoms with Gasteiger partial charge in [0.15, 0.2) is 0 Å². The summed E-state index contributed by atoms with van der Waals surface area (Å²) in [5.74, 6) is 0. The van der Waals surface area contributed by atoms with Crippen molar-refractivity contribution < 1.29 is 0 Å². The van der Waals surface area contributed by atoms with Crippen LogP contribution in [0.2, 0.25) is 0 Å². The maximum absolute atomic E-state index is 8.57. The molecule has 1 rings (SSSR count). The second-order valence-corrected chi connectivity index (χ2v) is 4.09. The fraction of sp³-hybridized carbons (Fsp3) is 0.455. The van der Waals surface area contributed by atoms with Gasteiger partial charge in [0.05, 0.1) is 11.8 Å². The number of pyridine rings is 1. The Morgan fingerprint density at radius 1 is 1.60 bits per heavy atom. The summed E-state index contributed by atoms with van der Waals surface area (Å²) in [6.45, 7) is 3.23. The number of nitrogens with zero attached hydrogens (tertiary/aromatic N) is 3. The molecule has 0 aliphatic rings. The van der Waals surface area contributed by atoms with Crippen LogP contribution in [0, 0.1) is 18.3 Å². The van der Waals surface area contributed by atoms with Crippen molar-refractivity contribution in [2.45, 2.75) is 18.8 Å². The first-order chi connectivity index (χ1) is 7.11. The monoisotopic (exact) mass is 223 g/mol. The zero-order valence-corrected chi connectivity index (χ0v) is 9.70. The second kappa shape index (κ2) is 5.69. The van der Waals surface area contributed by atoms with Gasteiger partial charge in [0.1, 0.15) is 5.38 Å². The van der Waals surface area contributed by atoms with E-state index in [1.165, 1.54) is 0 Å². The predicted molar refractivity (Wildman–Crippen MR) is 60.6 cm³/mol. The molecule has 0 bridgehead atoms. The zero-order chi connectivity index (χ0) is 11.3. The van der Waals surface area contributed by atoms with Crippen LogP contribution in [0.25, 0.3) is 0 Å². The molecule has 0 fully saturated rings. The summed E-state index contributed by atoms with van der Waals surface area (Å²) in [6.07, 6.45) is 0. The van der Waals surface area contributed by atoms with Gasteiger partial charge in [-0.3, -0.25) is 9.88 Å². The Hall–Kier alpha value is -1.11. The molecule has 1 aromatic heterocycles. The van der Waals surface area contributed by atoms with E-state index in [1.54, 1.807) is 0 Å². The smallest absolute Gasteiger partial charge is 0.133 e. The Bertz CT molecular complexity index is 359. The fourth-order valence-corrected chi connectivity index (χ4v) is 1.58. The average molecular weight is 224 g/mol. The Labute approximate surface area is 95.3 Å². The van der Waals surface area contributed by atoms with Gasteiger partial charge in [0.2, 0.25) is 0 Å². The van der Waals surface area contributed by atoms with Crippen LogP contribution in [0.1, 0.15) is 11.4 Å². The van der Waals surface area contributed by atoms with E-state index in [4.69, 9.17) is 16.9 Å². The highest BCUT2D eigenvalue weighted by Gasteiger charge is 2.07. The van der Waals surface area contributed by atoms with Crippen molar-refractivity contribution in [1.82, 2.24) is 9.88 Å². The lowest BCUT2D eigenvalue weighted by atomic mass is 10.3. The number of rotatable bonds is 4. The van der Waals surface area contributed by atoms with Gasteiger partial charge < -0.3 is 0 Å². The number of aromatic nitrogens is 1. The Balaban J connectivity index is 2.52. The Kier molecular flexibility index (Phi) is 4.54. The van der Waals surface area contributed by atoms with Crippen LogP contribution in [0.3, 0.4) is 0 Å². The van der Waals surface area contributed by atoms with Crippen LogP contribution >= 0.6 is 11.6 Å². The summed E-state index contributed by atoms with van der Waals surface area (Å²) in [7, 11) is 1.93. The van der Waals surface area contributed by atoms with Crippen LogP contribution in [0.4, 0.5) is 0 Å². The first-order valence-electron chi connectivity index (χ1n) is 4.76. The summed E-state index contributed by atoms with van der Waals surface area (Å²) >= 11 is 5.73. The van der Waals surface area contributed by atoms with E-state index in [2.05, 4.69) is 4.98 Å². The maximum atomic E-state index is 8.57. The molecule has 0 N–H and O–H groups in total. The van der Waals surface area contributed by atoms with Crippen molar-refractivity contribution in [2.24, 2.45) is 0 Å². The van der Waals surface area contributed by atoms with Gasteiger partial charge in [-0.25, -0.2) is 0 Å². The topological polar surface area (TPSA) is 39.9 Å². The molecule has 0 spiro atoms. The van der Waals surface area contributed by atoms with Crippen molar-refractivity contribution in [1.29, 1.82) is 5.26 Å². The Morgan fingerprint density at radius 2 is 2.33 bits per heavy atom. The van der Waals surface area contributed by atoms with Crippen molar-refractivity contribution in [3.63, 3.8) is 0 Å². The highest BCUT2D eigenvalue weighted by Crippen LogP contribution is 2.04. The zero-order valence-electron chi connectivity index (χ0n) is 8.94. The van der Waals surface area contributed by atoms with Crippen molar-refractivity contribution in [3.05, 3.63) is 29.6 Å². The van der Waals surface area contributed by atoms with Crippen LogP contribution in [-0.4, -0.2) is 28.9 Å². The van der Waals surface area contributed by atoms with Crippen LogP contribution < -0.4 is 0 Å². The van der Waals surface area contributed by atoms with Gasteiger partial charge in [-0.1, -0.05) is 6.07 Å². The van der Waals surface area contributed by atoms with Crippen LogP contribution in [0.15, 0.2) is 18.2 Å². The minimum Gasteiger partial charge on any atom is -0.298 e. The van der Waals surface area contributed by atoms with Gasteiger partial charge in [0.25, 0.3) is 0 Å². The molecule has 0 aliphatic heterocycles. The lowest BCUT2D eigenvalue weighted by molar-refractivity contribution is 0.332. The molecule has 1 heterocycles. The van der Waals surface area contributed by atoms with Crippen molar-refractivity contribution in [2.75, 3.05) is 13.6 Å². The molecule has 3 nitrogen and oxygen atoms in total. The molecule has 0 saturated carbocycles. The predicted octanol–water partition coefficient (Wildman–Crippen LogP) is 1.95. The molecule has 0 radical (unpaired) electrons. The van der Waals surface area contributed by atoms with E-state index >= 15 is 0 Å². The van der Waals surface area contributed by atoms with E-state index < -0.39 is 5.38 Å². The average Bonchev–Trinajstić information content (AvgIpc) is 2.17. The number of hydrogen-bond acceptors (Lipinski definition) is 3. The van der Waals surface area contributed by atoms with Crippen molar-refractivity contribution >= 4 is 11.6 Å². The molecular weight excluding hydrogens is 210 g/mol. The molecule has 1 unspecified atom stereocenters. The van der Waals surface area contributed by atoms with E-state index in [0.29, 0.717) is 13.1 Å². The maximum Gasteiger partial charge on any atom is 0.133 e. The highest BCUT2D eigenvalue weighted by molar-refractivity contribution is 6.22. The number of aryl methyl sites for hydroxylation is 1. The minimum atomic E-state index is -0.459. The third-order valence-electron chi connectivity index (χ3n) is 1.99. The standard InChI is InChI=1S/C11H14ClN3/c1-9-4-3-5-11(14-9)8-15(2)7-10(12)6-13/h3-5,10H,7-8H2,1-2H3. The normalized spacial score (nSPS) is 12.5. The summed E-state index contributed by atoms with van der Waals surface area (Å²) in [5.41, 5.74) is 2.00. The van der Waals surface area contributed by atoms with E-state index in [1.807, 2.05) is 43.1 Å². The second-order valence-electron chi connectivity index (χ2n) is 3.56. The highest BCUT2D eigenvalue weighted by atomic mass is 35.5. The molecule has 1 atom stereocenters. The quantitative estimate of drug-likeness (QED) is 0.733. The Morgan fingerprint density at radius 3 is 2.93 bits per heavy atom. The summed E-state index contributed by atoms with van der Waals surface area (Å²) in [4.78, 5) is 6.37. The van der Waals surface area contributed by atoms with Crippen LogP contribution in [0.5, 0.6) is 0 Å². The van der Waals surface area contributed by atoms with Crippen LogP contribution in [-0.2, 0) is 6.54 Å². The minimum absolute atomic E-state index is 0.459. The molecular formula is C11H14ClN3. The number of alkyl halides is 1. The van der Waals surface area contributed by atoms with Gasteiger partial charge in [-0.15, -0.1) is 11.6 Å². The van der Waals surface area contributed by atoms with Gasteiger partial charge >= 0.3 is 0 Å². The van der Waals surface area contributed by atoms with E-state index in [-0.39, 0.29) is 0 Å². The lowest BCUT2D eigenvalue weighted by Gasteiger charge is -2.16. The molecule has 4 heteroatoms. The fourth-order valence-electron chi connectivity index (χ4n) is 1.34. The third-order valence-corrected chi connectivity index (χ3v) is 2.23. The number of halogens is 1. The molecule has 1 aromatic rings. The van der Waals surface area contributed by atoms with Gasteiger partial charge in [0, 0.05) is 18.8 Å². The number of nitriles is 1. The number of hydrogen-bond donors (Lipinski definition) is 0. The lowest BCUT2D eigenvalue weighted by Crippen LogP contribution is -2.25. The largest absolute Gasteiger partial charge is 0.298 e. The first kappa shape index (κ1) is 12.0. The summed E-state index contributed by atoms with van der Waals surface area (Å²) in [5, 5.41) is 8.11. The van der Waals surface area contributed by atoms with E-state index in [9.17, 15) is 0 Å². The first-order valence-corrected chi connectivity index (χ1v) is 5.20.